The number of carbonyl (C=O) groups is 1. The molecule has 1 aliphatic rings. The number of likely N-dealkylation sites (N-methyl/N-ethyl adjacent to an activating group) is 1. The summed E-state index contributed by atoms with van der Waals surface area (Å²) in [4.78, 5) is 13.2. The molecule has 0 aliphatic carbocycles. The largest absolute Gasteiger partial charge is 0.496 e. The van der Waals surface area contributed by atoms with Crippen LogP contribution in [0.25, 0.3) is 0 Å². The van der Waals surface area contributed by atoms with Crippen LogP contribution in [-0.4, -0.2) is 31.8 Å². The standard InChI is InChI=1S/C15H21NO3/c1-15(2,9-13(17)18)11-5-6-12-10(14(11)19-4)7-8-16(12)3/h5-6H,7-9H2,1-4H3,(H,17,18). The van der Waals surface area contributed by atoms with Gasteiger partial charge in [-0.3, -0.25) is 4.79 Å². The number of carboxylic acids is 1. The van der Waals surface area contributed by atoms with Gasteiger partial charge < -0.3 is 14.7 Å². The van der Waals surface area contributed by atoms with Crippen LogP contribution < -0.4 is 9.64 Å². The van der Waals surface area contributed by atoms with Gasteiger partial charge in [-0.15, -0.1) is 0 Å². The first-order valence-electron chi connectivity index (χ1n) is 6.50. The first kappa shape index (κ1) is 13.7. The van der Waals surface area contributed by atoms with E-state index < -0.39 is 11.4 Å². The van der Waals surface area contributed by atoms with E-state index in [1.54, 1.807) is 7.11 Å². The van der Waals surface area contributed by atoms with E-state index in [0.717, 1.165) is 24.3 Å². The first-order valence-corrected chi connectivity index (χ1v) is 6.50. The van der Waals surface area contributed by atoms with Gasteiger partial charge in [0.2, 0.25) is 0 Å². The highest BCUT2D eigenvalue weighted by atomic mass is 16.5. The van der Waals surface area contributed by atoms with Gasteiger partial charge in [0.1, 0.15) is 5.75 Å². The van der Waals surface area contributed by atoms with Gasteiger partial charge in [-0.2, -0.15) is 0 Å². The molecule has 0 unspecified atom stereocenters. The fraction of sp³-hybridized carbons (Fsp3) is 0.533. The van der Waals surface area contributed by atoms with Crippen molar-refractivity contribution in [3.63, 3.8) is 0 Å². The van der Waals surface area contributed by atoms with Crippen molar-refractivity contribution < 1.29 is 14.6 Å². The van der Waals surface area contributed by atoms with E-state index in [1.807, 2.05) is 19.9 Å². The summed E-state index contributed by atoms with van der Waals surface area (Å²) >= 11 is 0. The molecule has 0 aromatic heterocycles. The molecule has 0 radical (unpaired) electrons. The van der Waals surface area contributed by atoms with Gasteiger partial charge in [0.15, 0.2) is 0 Å². The molecule has 0 amide bonds. The summed E-state index contributed by atoms with van der Waals surface area (Å²) in [5, 5.41) is 9.06. The fourth-order valence-corrected chi connectivity index (χ4v) is 2.86. The predicted octanol–water partition coefficient (Wildman–Crippen LogP) is 2.44. The summed E-state index contributed by atoms with van der Waals surface area (Å²) in [6.45, 7) is 4.88. The number of nitrogens with zero attached hydrogens (tertiary/aromatic N) is 1. The molecular weight excluding hydrogens is 242 g/mol. The van der Waals surface area contributed by atoms with E-state index >= 15 is 0 Å². The van der Waals surface area contributed by atoms with E-state index in [1.165, 1.54) is 11.3 Å². The van der Waals surface area contributed by atoms with Crippen LogP contribution in [0.5, 0.6) is 5.75 Å². The number of hydrogen-bond donors (Lipinski definition) is 1. The average molecular weight is 263 g/mol. The Bertz CT molecular complexity index is 508. The highest BCUT2D eigenvalue weighted by Gasteiger charge is 2.31. The lowest BCUT2D eigenvalue weighted by molar-refractivity contribution is -0.138. The summed E-state index contributed by atoms with van der Waals surface area (Å²) in [7, 11) is 3.72. The zero-order chi connectivity index (χ0) is 14.2. The molecule has 4 nitrogen and oxygen atoms in total. The van der Waals surface area contributed by atoms with Crippen molar-refractivity contribution in [3.05, 3.63) is 23.3 Å². The SMILES string of the molecule is COc1c(C(C)(C)CC(=O)O)ccc2c1CCN2C. The Balaban J connectivity index is 2.51. The third kappa shape index (κ3) is 2.39. The molecule has 2 rings (SSSR count). The van der Waals surface area contributed by atoms with Crippen molar-refractivity contribution in [1.82, 2.24) is 0 Å². The topological polar surface area (TPSA) is 49.8 Å². The van der Waals surface area contributed by atoms with E-state index in [2.05, 4.69) is 18.0 Å². The molecule has 1 N–H and O–H groups in total. The molecular formula is C15H21NO3. The van der Waals surface area contributed by atoms with E-state index in [9.17, 15) is 4.79 Å². The number of rotatable bonds is 4. The molecule has 0 atom stereocenters. The minimum absolute atomic E-state index is 0.0952. The molecule has 0 saturated carbocycles. The van der Waals surface area contributed by atoms with Crippen molar-refractivity contribution >= 4 is 11.7 Å². The summed E-state index contributed by atoms with van der Waals surface area (Å²) in [6.07, 6.45) is 1.05. The number of aliphatic carboxylic acids is 1. The van der Waals surface area contributed by atoms with Crippen LogP contribution in [0.3, 0.4) is 0 Å². The third-order valence-electron chi connectivity index (χ3n) is 3.87. The van der Waals surface area contributed by atoms with E-state index in [-0.39, 0.29) is 6.42 Å². The molecule has 0 bridgehead atoms. The van der Waals surface area contributed by atoms with Gasteiger partial charge in [-0.05, 0) is 12.5 Å². The van der Waals surface area contributed by atoms with Crippen LogP contribution in [0.2, 0.25) is 0 Å². The number of methoxy groups -OCH3 is 1. The second-order valence-corrected chi connectivity index (χ2v) is 5.77. The number of benzene rings is 1. The summed E-state index contributed by atoms with van der Waals surface area (Å²) < 4.78 is 5.58. The van der Waals surface area contributed by atoms with Gasteiger partial charge in [-0.25, -0.2) is 0 Å². The summed E-state index contributed by atoms with van der Waals surface area (Å²) in [6, 6.07) is 4.08. The lowest BCUT2D eigenvalue weighted by atomic mass is 9.80. The zero-order valence-electron chi connectivity index (χ0n) is 12.0. The molecule has 0 saturated heterocycles. The van der Waals surface area contributed by atoms with Crippen LogP contribution in [0.15, 0.2) is 12.1 Å². The second-order valence-electron chi connectivity index (χ2n) is 5.77. The maximum atomic E-state index is 11.0. The van der Waals surface area contributed by atoms with Gasteiger partial charge >= 0.3 is 5.97 Å². The molecule has 0 spiro atoms. The Morgan fingerprint density at radius 2 is 2.16 bits per heavy atom. The van der Waals surface area contributed by atoms with Crippen LogP contribution in [-0.2, 0) is 16.6 Å². The fourth-order valence-electron chi connectivity index (χ4n) is 2.86. The first-order chi connectivity index (χ1) is 8.86. The molecule has 1 aromatic carbocycles. The van der Waals surface area contributed by atoms with Gasteiger partial charge in [0, 0.05) is 35.8 Å². The van der Waals surface area contributed by atoms with Crippen LogP contribution >= 0.6 is 0 Å². The normalized spacial score (nSPS) is 14.4. The highest BCUT2D eigenvalue weighted by molar-refractivity contribution is 5.71. The van der Waals surface area contributed by atoms with Gasteiger partial charge in [0.05, 0.1) is 13.5 Å². The molecule has 1 heterocycles. The summed E-state index contributed by atoms with van der Waals surface area (Å²) in [5.41, 5.74) is 2.92. The number of ether oxygens (including phenoxy) is 1. The monoisotopic (exact) mass is 263 g/mol. The van der Waals surface area contributed by atoms with Crippen molar-refractivity contribution in [2.24, 2.45) is 0 Å². The van der Waals surface area contributed by atoms with Crippen molar-refractivity contribution in [3.8, 4) is 5.75 Å². The maximum absolute atomic E-state index is 11.0. The minimum Gasteiger partial charge on any atom is -0.496 e. The van der Waals surface area contributed by atoms with Crippen molar-refractivity contribution in [2.45, 2.75) is 32.1 Å². The van der Waals surface area contributed by atoms with Gasteiger partial charge in [-0.1, -0.05) is 19.9 Å². The third-order valence-corrected chi connectivity index (χ3v) is 3.87. The second kappa shape index (κ2) is 4.76. The number of hydrogen-bond acceptors (Lipinski definition) is 3. The Kier molecular flexibility index (Phi) is 3.43. The molecule has 1 aromatic rings. The molecule has 19 heavy (non-hydrogen) atoms. The summed E-state index contributed by atoms with van der Waals surface area (Å²) in [5.74, 6) is 0.0674. The highest BCUT2D eigenvalue weighted by Crippen LogP contribution is 2.42. The minimum atomic E-state index is -0.787. The van der Waals surface area contributed by atoms with Gasteiger partial charge in [0.25, 0.3) is 0 Å². The Hall–Kier alpha value is -1.71. The van der Waals surface area contributed by atoms with Crippen LogP contribution in [0, 0.1) is 0 Å². The number of fused-ring (bicyclic) bond motifs is 1. The molecule has 1 aliphatic heterocycles. The van der Waals surface area contributed by atoms with Crippen LogP contribution in [0.1, 0.15) is 31.4 Å². The van der Waals surface area contributed by atoms with Crippen molar-refractivity contribution in [2.75, 3.05) is 25.6 Å². The Morgan fingerprint density at radius 3 is 2.74 bits per heavy atom. The molecule has 4 heteroatoms. The Morgan fingerprint density at radius 1 is 1.47 bits per heavy atom. The lowest BCUT2D eigenvalue weighted by Crippen LogP contribution is -2.23. The predicted molar refractivity (Wildman–Crippen MR) is 75.2 cm³/mol. The quantitative estimate of drug-likeness (QED) is 0.906. The van der Waals surface area contributed by atoms with Crippen LogP contribution in [0.4, 0.5) is 5.69 Å². The number of carboxylic acid groups (broad SMARTS) is 1. The average Bonchev–Trinajstić information content (AvgIpc) is 2.68. The zero-order valence-corrected chi connectivity index (χ0v) is 12.0. The lowest BCUT2D eigenvalue weighted by Gasteiger charge is -2.27. The smallest absolute Gasteiger partial charge is 0.304 e. The van der Waals surface area contributed by atoms with E-state index in [0.29, 0.717) is 0 Å². The number of anilines is 1. The maximum Gasteiger partial charge on any atom is 0.304 e. The molecule has 0 fully saturated rings. The van der Waals surface area contributed by atoms with Crippen molar-refractivity contribution in [1.29, 1.82) is 0 Å². The molecule has 104 valence electrons. The Labute approximate surface area is 114 Å². The van der Waals surface area contributed by atoms with E-state index in [4.69, 9.17) is 9.84 Å².